The first-order chi connectivity index (χ1) is 8.63. The minimum Gasteiger partial charge on any atom is -0.396 e. The maximum absolute atomic E-state index is 13.9. The largest absolute Gasteiger partial charge is 0.396 e. The summed E-state index contributed by atoms with van der Waals surface area (Å²) in [7, 11) is 0. The maximum Gasteiger partial charge on any atom is 0.161 e. The zero-order chi connectivity index (χ0) is 13.1. The molecule has 98 valence electrons. The lowest BCUT2D eigenvalue weighted by Gasteiger charge is -2.34. The van der Waals surface area contributed by atoms with Crippen molar-refractivity contribution in [2.45, 2.75) is 19.8 Å². The second-order valence-electron chi connectivity index (χ2n) is 4.81. The molecule has 0 aliphatic carbocycles. The number of ketones is 1. The first kappa shape index (κ1) is 13.0. The predicted molar refractivity (Wildman–Crippen MR) is 68.4 cm³/mol. The zero-order valence-corrected chi connectivity index (χ0v) is 10.5. The molecule has 3 nitrogen and oxygen atoms in total. The Bertz CT molecular complexity index is 439. The number of nitrogens with zero attached hydrogens (tertiary/aromatic N) is 1. The first-order valence-electron chi connectivity index (χ1n) is 6.28. The Balaban J connectivity index is 2.26. The molecule has 0 atom stereocenters. The van der Waals surface area contributed by atoms with Crippen LogP contribution in [0.15, 0.2) is 18.2 Å². The van der Waals surface area contributed by atoms with Crippen LogP contribution in [0.4, 0.5) is 10.1 Å². The number of carbonyl (C=O) groups is 1. The molecule has 1 saturated heterocycles. The smallest absolute Gasteiger partial charge is 0.161 e. The Morgan fingerprint density at radius 3 is 2.67 bits per heavy atom. The SMILES string of the molecule is CC(=O)c1cccc(F)c1N1CCC(CO)CC1. The number of benzene rings is 1. The lowest BCUT2D eigenvalue weighted by molar-refractivity contribution is 0.101. The van der Waals surface area contributed by atoms with Crippen LogP contribution in [0.1, 0.15) is 30.1 Å². The highest BCUT2D eigenvalue weighted by atomic mass is 19.1. The molecule has 0 aromatic heterocycles. The van der Waals surface area contributed by atoms with E-state index in [4.69, 9.17) is 5.11 Å². The Hall–Kier alpha value is -1.42. The minimum atomic E-state index is -0.342. The van der Waals surface area contributed by atoms with E-state index < -0.39 is 0 Å². The molecule has 1 aromatic rings. The summed E-state index contributed by atoms with van der Waals surface area (Å²) < 4.78 is 13.9. The summed E-state index contributed by atoms with van der Waals surface area (Å²) in [6.45, 7) is 3.02. The van der Waals surface area contributed by atoms with E-state index in [0.717, 1.165) is 12.8 Å². The van der Waals surface area contributed by atoms with Gasteiger partial charge in [-0.25, -0.2) is 4.39 Å². The number of para-hydroxylation sites is 1. The van der Waals surface area contributed by atoms with Gasteiger partial charge in [-0.1, -0.05) is 6.07 Å². The number of aliphatic hydroxyl groups is 1. The van der Waals surface area contributed by atoms with Crippen LogP contribution in [-0.2, 0) is 0 Å². The molecule has 1 N–H and O–H groups in total. The van der Waals surface area contributed by atoms with Gasteiger partial charge in [0.25, 0.3) is 0 Å². The maximum atomic E-state index is 13.9. The van der Waals surface area contributed by atoms with Gasteiger partial charge in [0, 0.05) is 25.3 Å². The van der Waals surface area contributed by atoms with Gasteiger partial charge in [-0.15, -0.1) is 0 Å². The summed E-state index contributed by atoms with van der Waals surface area (Å²) in [6, 6.07) is 4.62. The third kappa shape index (κ3) is 2.53. The standard InChI is InChI=1S/C14H18FNO2/c1-10(18)12-3-2-4-13(15)14(12)16-7-5-11(9-17)6-8-16/h2-4,11,17H,5-9H2,1H3. The number of aliphatic hydroxyl groups excluding tert-OH is 1. The van der Waals surface area contributed by atoms with Gasteiger partial charge in [-0.05, 0) is 37.8 Å². The molecule has 1 aliphatic heterocycles. The summed E-state index contributed by atoms with van der Waals surface area (Å²) in [5.41, 5.74) is 0.860. The van der Waals surface area contributed by atoms with Crippen LogP contribution in [0.3, 0.4) is 0 Å². The fourth-order valence-corrected chi connectivity index (χ4v) is 2.46. The molecule has 1 fully saturated rings. The molecule has 0 amide bonds. The third-order valence-electron chi connectivity index (χ3n) is 3.56. The topological polar surface area (TPSA) is 40.5 Å². The van der Waals surface area contributed by atoms with Crippen molar-refractivity contribution in [1.29, 1.82) is 0 Å². The Kier molecular flexibility index (Phi) is 3.97. The molecule has 1 heterocycles. The van der Waals surface area contributed by atoms with E-state index in [0.29, 0.717) is 30.3 Å². The van der Waals surface area contributed by atoms with Crippen molar-refractivity contribution < 1.29 is 14.3 Å². The molecule has 0 bridgehead atoms. The number of Topliss-reactive ketones (excluding diaryl/α,β-unsaturated/α-hetero) is 1. The van der Waals surface area contributed by atoms with Crippen LogP contribution >= 0.6 is 0 Å². The molecule has 4 heteroatoms. The van der Waals surface area contributed by atoms with Crippen molar-refractivity contribution in [3.05, 3.63) is 29.6 Å². The van der Waals surface area contributed by atoms with Gasteiger partial charge in [-0.3, -0.25) is 4.79 Å². The first-order valence-corrected chi connectivity index (χ1v) is 6.28. The Morgan fingerprint density at radius 1 is 1.44 bits per heavy atom. The summed E-state index contributed by atoms with van der Waals surface area (Å²) in [4.78, 5) is 13.5. The van der Waals surface area contributed by atoms with E-state index in [2.05, 4.69) is 0 Å². The van der Waals surface area contributed by atoms with Crippen molar-refractivity contribution >= 4 is 11.5 Å². The number of hydrogen-bond donors (Lipinski definition) is 1. The highest BCUT2D eigenvalue weighted by Gasteiger charge is 2.23. The van der Waals surface area contributed by atoms with Crippen LogP contribution in [-0.4, -0.2) is 30.6 Å². The number of piperidine rings is 1. The Labute approximate surface area is 106 Å². The number of carbonyl (C=O) groups excluding carboxylic acids is 1. The van der Waals surface area contributed by atoms with Crippen molar-refractivity contribution in [3.63, 3.8) is 0 Å². The van der Waals surface area contributed by atoms with Crippen LogP contribution in [0, 0.1) is 11.7 Å². The third-order valence-corrected chi connectivity index (χ3v) is 3.56. The monoisotopic (exact) mass is 251 g/mol. The van der Waals surface area contributed by atoms with Crippen molar-refractivity contribution in [2.24, 2.45) is 5.92 Å². The van der Waals surface area contributed by atoms with Gasteiger partial charge in [0.1, 0.15) is 5.82 Å². The highest BCUT2D eigenvalue weighted by molar-refractivity contribution is 5.99. The summed E-state index contributed by atoms with van der Waals surface area (Å²) in [5, 5.41) is 9.10. The number of hydrogen-bond acceptors (Lipinski definition) is 3. The number of rotatable bonds is 3. The van der Waals surface area contributed by atoms with E-state index in [1.54, 1.807) is 12.1 Å². The Morgan fingerprint density at radius 2 is 2.11 bits per heavy atom. The van der Waals surface area contributed by atoms with Crippen LogP contribution < -0.4 is 4.90 Å². The fraction of sp³-hybridized carbons (Fsp3) is 0.500. The molecule has 18 heavy (non-hydrogen) atoms. The molecular formula is C14H18FNO2. The van der Waals surface area contributed by atoms with Gasteiger partial charge in [0.2, 0.25) is 0 Å². The van der Waals surface area contributed by atoms with Crippen molar-refractivity contribution in [3.8, 4) is 0 Å². The summed E-state index contributed by atoms with van der Waals surface area (Å²) >= 11 is 0. The van der Waals surface area contributed by atoms with E-state index in [9.17, 15) is 9.18 Å². The molecule has 1 aromatic carbocycles. The lowest BCUT2D eigenvalue weighted by atomic mass is 9.96. The molecule has 0 radical (unpaired) electrons. The second-order valence-corrected chi connectivity index (χ2v) is 4.81. The molecule has 0 unspecified atom stereocenters. The highest BCUT2D eigenvalue weighted by Crippen LogP contribution is 2.29. The van der Waals surface area contributed by atoms with Crippen LogP contribution in [0.2, 0.25) is 0 Å². The zero-order valence-electron chi connectivity index (χ0n) is 10.5. The van der Waals surface area contributed by atoms with Crippen molar-refractivity contribution in [1.82, 2.24) is 0 Å². The van der Waals surface area contributed by atoms with E-state index in [1.807, 2.05) is 4.90 Å². The average Bonchev–Trinajstić information content (AvgIpc) is 2.38. The number of halogens is 1. The number of anilines is 1. The van der Waals surface area contributed by atoms with E-state index in [1.165, 1.54) is 13.0 Å². The molecule has 0 spiro atoms. The quantitative estimate of drug-likeness (QED) is 0.837. The minimum absolute atomic E-state index is 0.117. The van der Waals surface area contributed by atoms with Crippen molar-refractivity contribution in [2.75, 3.05) is 24.6 Å². The van der Waals surface area contributed by atoms with E-state index in [-0.39, 0.29) is 18.2 Å². The molecule has 1 aliphatic rings. The normalized spacial score (nSPS) is 16.9. The lowest BCUT2D eigenvalue weighted by Crippen LogP contribution is -2.36. The molecule has 0 saturated carbocycles. The predicted octanol–water partition coefficient (Wildman–Crippen LogP) is 2.24. The van der Waals surface area contributed by atoms with Gasteiger partial charge in [0.15, 0.2) is 5.78 Å². The summed E-state index contributed by atoms with van der Waals surface area (Å²) in [6.07, 6.45) is 1.67. The van der Waals surface area contributed by atoms with Gasteiger partial charge in [0.05, 0.1) is 5.69 Å². The van der Waals surface area contributed by atoms with Crippen LogP contribution in [0.25, 0.3) is 0 Å². The van der Waals surface area contributed by atoms with Crippen LogP contribution in [0.5, 0.6) is 0 Å². The van der Waals surface area contributed by atoms with Gasteiger partial charge < -0.3 is 10.0 Å². The van der Waals surface area contributed by atoms with E-state index >= 15 is 0 Å². The fourth-order valence-electron chi connectivity index (χ4n) is 2.46. The van der Waals surface area contributed by atoms with Gasteiger partial charge >= 0.3 is 0 Å². The summed E-state index contributed by atoms with van der Waals surface area (Å²) in [5.74, 6) is -0.160. The van der Waals surface area contributed by atoms with Gasteiger partial charge in [-0.2, -0.15) is 0 Å². The average molecular weight is 251 g/mol. The molecular weight excluding hydrogens is 233 g/mol. The second kappa shape index (κ2) is 5.48. The molecule has 2 rings (SSSR count).